The van der Waals surface area contributed by atoms with Gasteiger partial charge in [0.05, 0.1) is 18.8 Å². The van der Waals surface area contributed by atoms with Crippen molar-refractivity contribution in [3.63, 3.8) is 0 Å². The molecule has 1 amide bonds. The highest BCUT2D eigenvalue weighted by Gasteiger charge is 2.29. The maximum absolute atomic E-state index is 14.0. The summed E-state index contributed by atoms with van der Waals surface area (Å²) in [5.74, 6) is -0.768. The van der Waals surface area contributed by atoms with Gasteiger partial charge < -0.3 is 24.2 Å². The summed E-state index contributed by atoms with van der Waals surface area (Å²) in [4.78, 5) is 35.9. The van der Waals surface area contributed by atoms with E-state index in [-0.39, 0.29) is 40.4 Å². The van der Waals surface area contributed by atoms with Crippen LogP contribution in [0.5, 0.6) is 17.2 Å². The van der Waals surface area contributed by atoms with Crippen molar-refractivity contribution in [3.8, 4) is 23.3 Å². The molecule has 4 aromatic carbocycles. The lowest BCUT2D eigenvalue weighted by Crippen LogP contribution is -2.25. The number of sulfonamides is 1. The van der Waals surface area contributed by atoms with E-state index in [2.05, 4.69) is 10.0 Å². The molecule has 0 aliphatic heterocycles. The Morgan fingerprint density at radius 1 is 0.845 bits per heavy atom. The average Bonchev–Trinajstić information content (AvgIpc) is 3.51. The third-order valence-corrected chi connectivity index (χ3v) is 14.0. The van der Waals surface area contributed by atoms with E-state index < -0.39 is 29.7 Å². The van der Waals surface area contributed by atoms with Crippen molar-refractivity contribution in [2.45, 2.75) is 64.5 Å². The molecule has 1 unspecified atom stereocenters. The number of ketones is 1. The van der Waals surface area contributed by atoms with Crippen LogP contribution in [0.15, 0.2) is 70.9 Å². The zero-order valence-corrected chi connectivity index (χ0v) is 35.3. The van der Waals surface area contributed by atoms with Crippen molar-refractivity contribution in [2.24, 2.45) is 0 Å². The summed E-state index contributed by atoms with van der Waals surface area (Å²) in [6, 6.07) is 19.1. The molecule has 306 valence electrons. The van der Waals surface area contributed by atoms with Gasteiger partial charge in [0.15, 0.2) is 17.3 Å². The van der Waals surface area contributed by atoms with Gasteiger partial charge in [-0.15, -0.1) is 11.3 Å². The maximum Gasteiger partial charge on any atom is 0.391 e. The van der Waals surface area contributed by atoms with Crippen molar-refractivity contribution in [2.75, 3.05) is 26.0 Å². The summed E-state index contributed by atoms with van der Waals surface area (Å²) in [5, 5.41) is 12.4. The highest BCUT2D eigenvalue weighted by atomic mass is 32.2. The predicted octanol–water partition coefficient (Wildman–Crippen LogP) is 8.59. The van der Waals surface area contributed by atoms with Gasteiger partial charge in [0.1, 0.15) is 28.1 Å². The van der Waals surface area contributed by atoms with Gasteiger partial charge >= 0.3 is 7.60 Å². The van der Waals surface area contributed by atoms with Crippen LogP contribution in [0.3, 0.4) is 0 Å². The van der Waals surface area contributed by atoms with Gasteiger partial charge in [-0.3, -0.25) is 9.59 Å². The van der Waals surface area contributed by atoms with E-state index in [9.17, 15) is 31.9 Å². The number of nitrogens with zero attached hydrogens (tertiary/aromatic N) is 1. The number of halogens is 1. The van der Waals surface area contributed by atoms with Crippen molar-refractivity contribution >= 4 is 50.7 Å². The van der Waals surface area contributed by atoms with Gasteiger partial charge in [0, 0.05) is 46.3 Å². The fourth-order valence-electron chi connectivity index (χ4n) is 5.83. The van der Waals surface area contributed by atoms with Gasteiger partial charge in [-0.1, -0.05) is 18.2 Å². The Bertz CT molecular complexity index is 2550. The number of unbranched alkanes of at least 4 members (excludes halogenated alkanes) is 1. The summed E-state index contributed by atoms with van der Waals surface area (Å²) < 4.78 is 73.6. The number of Topliss-reactive ketones (excluding diaryl/α,β-unsaturated/α-hetero) is 1. The lowest BCUT2D eigenvalue weighted by molar-refractivity contribution is 0.0948. The molecule has 0 bridgehead atoms. The number of thiophene rings is 1. The van der Waals surface area contributed by atoms with E-state index in [0.717, 1.165) is 51.8 Å². The molecular formula is C42H45FN3O9PS2. The monoisotopic (exact) mass is 849 g/mol. The summed E-state index contributed by atoms with van der Waals surface area (Å²) in [6.45, 7) is 10.3. The van der Waals surface area contributed by atoms with Crippen LogP contribution in [0.1, 0.15) is 79.8 Å². The fourth-order valence-corrected chi connectivity index (χ4v) is 10.1. The molecule has 0 spiro atoms. The molecule has 3 N–H and O–H groups in total. The Hall–Kier alpha value is -5.10. The van der Waals surface area contributed by atoms with Crippen LogP contribution in [-0.4, -0.2) is 51.0 Å². The van der Waals surface area contributed by atoms with Gasteiger partial charge in [0.2, 0.25) is 0 Å². The van der Waals surface area contributed by atoms with Crippen LogP contribution in [0.2, 0.25) is 0 Å². The van der Waals surface area contributed by atoms with E-state index >= 15 is 0 Å². The number of nitrogens with one attached hydrogen (secondary N) is 2. The van der Waals surface area contributed by atoms with E-state index in [4.69, 9.17) is 19.3 Å². The first-order chi connectivity index (χ1) is 27.5. The average molecular weight is 850 g/mol. The number of hydrogen-bond donors (Lipinski definition) is 3. The van der Waals surface area contributed by atoms with Crippen LogP contribution in [0, 0.1) is 51.8 Å². The minimum atomic E-state index is -4.66. The quantitative estimate of drug-likeness (QED) is 0.0414. The molecule has 0 aliphatic rings. The summed E-state index contributed by atoms with van der Waals surface area (Å²) in [5.41, 5.74) is 5.57. The normalized spacial score (nSPS) is 12.4. The third-order valence-electron chi connectivity index (χ3n) is 9.48. The zero-order valence-electron chi connectivity index (χ0n) is 32.8. The largest absolute Gasteiger partial charge is 0.490 e. The topological polar surface area (TPSA) is 181 Å². The molecule has 0 fully saturated rings. The molecule has 0 radical (unpaired) electrons. The molecule has 5 aromatic rings. The molecule has 0 saturated carbocycles. The minimum absolute atomic E-state index is 0.0432. The molecule has 1 atom stereocenters. The summed E-state index contributed by atoms with van der Waals surface area (Å²) >= 11 is 0.924. The zero-order chi connectivity index (χ0) is 42.2. The number of rotatable bonds is 19. The molecule has 5 rings (SSSR count). The third kappa shape index (κ3) is 11.3. The number of benzene rings is 4. The van der Waals surface area contributed by atoms with Gasteiger partial charge in [0.25, 0.3) is 15.9 Å². The van der Waals surface area contributed by atoms with Gasteiger partial charge in [-0.2, -0.15) is 9.98 Å². The number of ether oxygens (including phenoxy) is 2. The first kappa shape index (κ1) is 44.0. The van der Waals surface area contributed by atoms with Gasteiger partial charge in [-0.25, -0.2) is 17.4 Å². The van der Waals surface area contributed by atoms with Crippen LogP contribution in [0.4, 0.5) is 4.39 Å². The highest BCUT2D eigenvalue weighted by molar-refractivity contribution is 7.92. The minimum Gasteiger partial charge on any atom is -0.490 e. The van der Waals surface area contributed by atoms with Crippen LogP contribution in [-0.2, 0) is 14.6 Å². The smallest absolute Gasteiger partial charge is 0.391 e. The van der Waals surface area contributed by atoms with Gasteiger partial charge in [-0.05, 0) is 118 Å². The second-order valence-corrected chi connectivity index (χ2v) is 18.7. The van der Waals surface area contributed by atoms with Crippen LogP contribution >= 0.6 is 18.9 Å². The second kappa shape index (κ2) is 19.1. The molecule has 12 nitrogen and oxygen atoms in total. The Morgan fingerprint density at radius 2 is 1.48 bits per heavy atom. The highest BCUT2D eigenvalue weighted by Crippen LogP contribution is 2.44. The Kier molecular flexibility index (Phi) is 14.5. The molecular weight excluding hydrogens is 805 g/mol. The molecule has 1 aromatic heterocycles. The number of fused-ring (bicyclic) bond motifs is 1. The number of aryl methyl sites for hydroxylation is 5. The molecule has 0 aliphatic carbocycles. The Balaban J connectivity index is 1.27. The van der Waals surface area contributed by atoms with E-state index in [1.54, 1.807) is 31.2 Å². The number of carbonyl (C=O) groups excluding carboxylic acids is 2. The number of nitriles is 1. The second-order valence-electron chi connectivity index (χ2n) is 13.9. The molecule has 16 heteroatoms. The Morgan fingerprint density at radius 3 is 2.14 bits per heavy atom. The van der Waals surface area contributed by atoms with E-state index in [1.807, 2.05) is 58.0 Å². The molecule has 0 saturated heterocycles. The maximum atomic E-state index is 14.0. The fraction of sp³-hybridized carbons (Fsp3) is 0.310. The standard InChI is InChI=1S/C42H45FN3O9PS2/c1-26-10-12-31(19-28(26)3)37(47)9-6-7-17-53-38-22-35-30(5)42(58(51,52)46-25-56(49,50)55-34-15-14-33(24-44)36(43)21-34)57-40(35)23-39(38)54-18-8-16-45-41(48)32-13-11-27(2)29(4)20-32/h10-15,19-23,46H,6-9,16-18,25H2,1-5H3,(H,45,48)(H,49,50). The first-order valence-electron chi connectivity index (χ1n) is 18.5. The Labute approximate surface area is 341 Å². The van der Waals surface area contributed by atoms with Crippen LogP contribution < -0.4 is 24.0 Å². The van der Waals surface area contributed by atoms with Crippen molar-refractivity contribution in [3.05, 3.63) is 117 Å². The predicted molar refractivity (Wildman–Crippen MR) is 221 cm³/mol. The number of hydrogen-bond acceptors (Lipinski definition) is 10. The summed E-state index contributed by atoms with van der Waals surface area (Å²) in [7, 11) is -9.01. The van der Waals surface area contributed by atoms with Crippen molar-refractivity contribution in [1.29, 1.82) is 5.26 Å². The number of carbonyl (C=O) groups is 2. The molecule has 1 heterocycles. The van der Waals surface area contributed by atoms with Crippen molar-refractivity contribution in [1.82, 2.24) is 10.0 Å². The van der Waals surface area contributed by atoms with Crippen LogP contribution in [0.25, 0.3) is 10.1 Å². The number of amides is 1. The summed E-state index contributed by atoms with van der Waals surface area (Å²) in [6.07, 6.45) is 0.924. The van der Waals surface area contributed by atoms with E-state index in [1.165, 1.54) is 0 Å². The lowest BCUT2D eigenvalue weighted by Gasteiger charge is -2.14. The lowest BCUT2D eigenvalue weighted by atomic mass is 10.0. The van der Waals surface area contributed by atoms with E-state index in [0.29, 0.717) is 70.5 Å². The first-order valence-corrected chi connectivity index (χ1v) is 22.5. The van der Waals surface area contributed by atoms with Crippen molar-refractivity contribution < 1.29 is 45.9 Å². The SMILES string of the molecule is Cc1ccc(C(=O)CCCCOc2cc3c(C)c(S(=O)(=O)NCP(=O)(O)Oc4ccc(C#N)c(F)c4)sc3cc2OCCCNC(=O)c2ccc(C)c(C)c2)cc1C. The molecule has 58 heavy (non-hydrogen) atoms.